The van der Waals surface area contributed by atoms with Crippen LogP contribution >= 0.6 is 0 Å². The fourth-order valence-corrected chi connectivity index (χ4v) is 2.84. The van der Waals surface area contributed by atoms with Crippen molar-refractivity contribution in [2.45, 2.75) is 12.8 Å². The van der Waals surface area contributed by atoms with Gasteiger partial charge in [-0.25, -0.2) is 4.39 Å². The summed E-state index contributed by atoms with van der Waals surface area (Å²) in [5.41, 5.74) is 3.55. The Morgan fingerprint density at radius 2 is 1.45 bits per heavy atom. The molecule has 0 aromatic heterocycles. The number of morpholine rings is 1. The van der Waals surface area contributed by atoms with E-state index in [2.05, 4.69) is 29.2 Å². The lowest BCUT2D eigenvalue weighted by Gasteiger charge is -2.26. The van der Waals surface area contributed by atoms with E-state index in [1.54, 1.807) is 0 Å². The lowest BCUT2D eigenvalue weighted by Crippen LogP contribution is -2.36. The van der Waals surface area contributed by atoms with Gasteiger partial charge >= 0.3 is 0 Å². The van der Waals surface area contributed by atoms with Crippen molar-refractivity contribution in [3.63, 3.8) is 0 Å². The van der Waals surface area contributed by atoms with Crippen LogP contribution < -0.4 is 0 Å². The molecule has 1 saturated heterocycles. The predicted octanol–water partition coefficient (Wildman–Crippen LogP) is 3.76. The summed E-state index contributed by atoms with van der Waals surface area (Å²) in [6.45, 7) is 4.99. The van der Waals surface area contributed by atoms with E-state index >= 15 is 0 Å². The lowest BCUT2D eigenvalue weighted by atomic mass is 10.0. The summed E-state index contributed by atoms with van der Waals surface area (Å²) in [5.74, 6) is -0.191. The molecule has 1 aliphatic heterocycles. The van der Waals surface area contributed by atoms with Gasteiger partial charge in [-0.05, 0) is 48.2 Å². The van der Waals surface area contributed by atoms with Crippen LogP contribution in [0.5, 0.6) is 0 Å². The van der Waals surface area contributed by atoms with Crippen LogP contribution in [0.3, 0.4) is 0 Å². The number of ether oxygens (including phenoxy) is 1. The third-order valence-corrected chi connectivity index (χ3v) is 4.17. The monoisotopic (exact) mass is 299 g/mol. The average Bonchev–Trinajstić information content (AvgIpc) is 2.57. The first kappa shape index (κ1) is 15.2. The second-order valence-electron chi connectivity index (χ2n) is 5.76. The average molecular weight is 299 g/mol. The maximum Gasteiger partial charge on any atom is 0.123 e. The van der Waals surface area contributed by atoms with Crippen molar-refractivity contribution in [1.29, 1.82) is 0 Å². The van der Waals surface area contributed by atoms with Gasteiger partial charge in [-0.15, -0.1) is 0 Å². The van der Waals surface area contributed by atoms with Gasteiger partial charge in [0.25, 0.3) is 0 Å². The predicted molar refractivity (Wildman–Crippen MR) is 87.4 cm³/mol. The molecule has 0 bridgehead atoms. The van der Waals surface area contributed by atoms with Gasteiger partial charge in [0, 0.05) is 13.1 Å². The molecule has 116 valence electrons. The van der Waals surface area contributed by atoms with E-state index in [0.29, 0.717) is 0 Å². The van der Waals surface area contributed by atoms with Crippen LogP contribution in [-0.4, -0.2) is 37.7 Å². The molecule has 0 unspecified atom stereocenters. The van der Waals surface area contributed by atoms with Gasteiger partial charge in [-0.2, -0.15) is 0 Å². The first-order chi connectivity index (χ1) is 10.8. The van der Waals surface area contributed by atoms with E-state index < -0.39 is 0 Å². The molecule has 0 saturated carbocycles. The van der Waals surface area contributed by atoms with E-state index in [-0.39, 0.29) is 5.82 Å². The van der Waals surface area contributed by atoms with Crippen LogP contribution in [0.4, 0.5) is 4.39 Å². The summed E-state index contributed by atoms with van der Waals surface area (Å²) in [5, 5.41) is 0. The summed E-state index contributed by atoms with van der Waals surface area (Å²) < 4.78 is 18.3. The smallest absolute Gasteiger partial charge is 0.123 e. The largest absolute Gasteiger partial charge is 0.379 e. The first-order valence-corrected chi connectivity index (χ1v) is 7.96. The van der Waals surface area contributed by atoms with Crippen molar-refractivity contribution in [1.82, 2.24) is 4.90 Å². The molecule has 3 rings (SSSR count). The molecule has 2 nitrogen and oxygen atoms in total. The summed E-state index contributed by atoms with van der Waals surface area (Å²) in [7, 11) is 0. The Kier molecular flexibility index (Phi) is 5.20. The Balaban J connectivity index is 1.51. The highest BCUT2D eigenvalue weighted by Crippen LogP contribution is 2.20. The van der Waals surface area contributed by atoms with Crippen LogP contribution in [0.25, 0.3) is 11.1 Å². The number of nitrogens with zero attached hydrogens (tertiary/aromatic N) is 1. The van der Waals surface area contributed by atoms with Gasteiger partial charge in [0.2, 0.25) is 0 Å². The van der Waals surface area contributed by atoms with Gasteiger partial charge in [0.05, 0.1) is 13.2 Å². The van der Waals surface area contributed by atoms with Gasteiger partial charge in [0.1, 0.15) is 5.82 Å². The second-order valence-corrected chi connectivity index (χ2v) is 5.76. The van der Waals surface area contributed by atoms with E-state index in [4.69, 9.17) is 4.74 Å². The zero-order valence-corrected chi connectivity index (χ0v) is 12.8. The van der Waals surface area contributed by atoms with Crippen molar-refractivity contribution < 1.29 is 9.13 Å². The quantitative estimate of drug-likeness (QED) is 0.833. The standard InChI is InChI=1S/C19H22FNO/c20-19-9-7-18(8-10-19)17-5-3-16(4-6-17)2-1-11-21-12-14-22-15-13-21/h3-10H,1-2,11-15H2. The molecular weight excluding hydrogens is 277 g/mol. The van der Waals surface area contributed by atoms with Crippen molar-refractivity contribution >= 4 is 0 Å². The summed E-state index contributed by atoms with van der Waals surface area (Å²) in [4.78, 5) is 2.47. The number of aryl methyl sites for hydroxylation is 1. The number of rotatable bonds is 5. The third kappa shape index (κ3) is 4.15. The molecule has 1 heterocycles. The first-order valence-electron chi connectivity index (χ1n) is 7.96. The summed E-state index contributed by atoms with van der Waals surface area (Å²) in [6, 6.07) is 15.3. The van der Waals surface area contributed by atoms with Crippen LogP contribution in [0.15, 0.2) is 48.5 Å². The van der Waals surface area contributed by atoms with Crippen molar-refractivity contribution in [2.75, 3.05) is 32.8 Å². The molecule has 0 N–H and O–H groups in total. The Morgan fingerprint density at radius 1 is 0.864 bits per heavy atom. The fourth-order valence-electron chi connectivity index (χ4n) is 2.84. The maximum atomic E-state index is 12.9. The number of halogens is 1. The molecule has 1 fully saturated rings. The zero-order valence-electron chi connectivity index (χ0n) is 12.8. The molecular formula is C19H22FNO. The summed E-state index contributed by atoms with van der Waals surface area (Å²) in [6.07, 6.45) is 2.27. The molecule has 2 aromatic carbocycles. The molecule has 0 aliphatic carbocycles. The normalized spacial score (nSPS) is 15.9. The molecule has 0 atom stereocenters. The zero-order chi connectivity index (χ0) is 15.2. The Hall–Kier alpha value is -1.71. The molecule has 0 radical (unpaired) electrons. The second kappa shape index (κ2) is 7.52. The molecule has 0 amide bonds. The maximum absolute atomic E-state index is 12.9. The highest BCUT2D eigenvalue weighted by Gasteiger charge is 2.09. The molecule has 2 aromatic rings. The van der Waals surface area contributed by atoms with Crippen LogP contribution in [0.2, 0.25) is 0 Å². The Labute approximate surface area is 131 Å². The van der Waals surface area contributed by atoms with Gasteiger partial charge < -0.3 is 4.74 Å². The minimum absolute atomic E-state index is 0.191. The highest BCUT2D eigenvalue weighted by molar-refractivity contribution is 5.63. The molecule has 22 heavy (non-hydrogen) atoms. The van der Waals surface area contributed by atoms with Crippen molar-refractivity contribution in [2.24, 2.45) is 0 Å². The molecule has 3 heteroatoms. The van der Waals surface area contributed by atoms with Crippen molar-refractivity contribution in [3.05, 3.63) is 59.9 Å². The lowest BCUT2D eigenvalue weighted by molar-refractivity contribution is 0.0375. The number of hydrogen-bond donors (Lipinski definition) is 0. The van der Waals surface area contributed by atoms with Crippen molar-refractivity contribution in [3.8, 4) is 11.1 Å². The van der Waals surface area contributed by atoms with Gasteiger partial charge in [-0.1, -0.05) is 36.4 Å². The highest BCUT2D eigenvalue weighted by atomic mass is 19.1. The van der Waals surface area contributed by atoms with E-state index in [1.807, 2.05) is 12.1 Å². The molecule has 1 aliphatic rings. The van der Waals surface area contributed by atoms with Crippen LogP contribution in [-0.2, 0) is 11.2 Å². The fraction of sp³-hybridized carbons (Fsp3) is 0.368. The van der Waals surface area contributed by atoms with E-state index in [9.17, 15) is 4.39 Å². The third-order valence-electron chi connectivity index (χ3n) is 4.17. The minimum atomic E-state index is -0.191. The topological polar surface area (TPSA) is 12.5 Å². The number of hydrogen-bond acceptors (Lipinski definition) is 2. The minimum Gasteiger partial charge on any atom is -0.379 e. The summed E-state index contributed by atoms with van der Waals surface area (Å²) >= 11 is 0. The number of benzene rings is 2. The van der Waals surface area contributed by atoms with Crippen LogP contribution in [0.1, 0.15) is 12.0 Å². The molecule has 0 spiro atoms. The van der Waals surface area contributed by atoms with E-state index in [0.717, 1.165) is 50.4 Å². The van der Waals surface area contributed by atoms with Gasteiger partial charge in [-0.3, -0.25) is 4.90 Å². The SMILES string of the molecule is Fc1ccc(-c2ccc(CCCN3CCOCC3)cc2)cc1. The van der Waals surface area contributed by atoms with E-state index in [1.165, 1.54) is 24.1 Å². The Bertz CT molecular complexity index is 573. The van der Waals surface area contributed by atoms with Gasteiger partial charge in [0.15, 0.2) is 0 Å². The van der Waals surface area contributed by atoms with Crippen LogP contribution in [0, 0.1) is 5.82 Å². The Morgan fingerprint density at radius 3 is 2.09 bits per heavy atom.